The van der Waals surface area contributed by atoms with Gasteiger partial charge in [-0.15, -0.1) is 0 Å². The summed E-state index contributed by atoms with van der Waals surface area (Å²) in [7, 11) is 0. The maximum atomic E-state index is 13.6. The third-order valence-corrected chi connectivity index (χ3v) is 4.67. The fraction of sp³-hybridized carbons (Fsp3) is 0.0556. The molecule has 1 heterocycles. The van der Waals surface area contributed by atoms with Crippen molar-refractivity contribution in [2.45, 2.75) is 5.03 Å². The zero-order chi connectivity index (χ0) is 19.4. The minimum Gasteiger partial charge on any atom is -0.323 e. The molecule has 0 unspecified atom stereocenters. The van der Waals surface area contributed by atoms with Gasteiger partial charge in [-0.05, 0) is 36.4 Å². The number of nitrogens with zero attached hydrogens (tertiary/aromatic N) is 2. The van der Waals surface area contributed by atoms with E-state index in [-0.39, 0.29) is 16.5 Å². The quantitative estimate of drug-likeness (QED) is 0.652. The van der Waals surface area contributed by atoms with Gasteiger partial charge in [0.1, 0.15) is 11.6 Å². The lowest BCUT2D eigenvalue weighted by Gasteiger charge is -2.08. The van der Waals surface area contributed by atoms with E-state index in [1.54, 1.807) is 24.3 Å². The summed E-state index contributed by atoms with van der Waals surface area (Å²) >= 11 is 6.76. The van der Waals surface area contributed by atoms with Gasteiger partial charge in [0.25, 0.3) is 5.56 Å². The van der Waals surface area contributed by atoms with Gasteiger partial charge in [-0.1, -0.05) is 23.4 Å². The molecule has 0 saturated carbocycles. The largest absolute Gasteiger partial charge is 0.323 e. The Bertz CT molecular complexity index is 1040. The van der Waals surface area contributed by atoms with Crippen molar-refractivity contribution in [3.63, 3.8) is 0 Å². The number of amides is 1. The monoisotopic (exact) mass is 407 g/mol. The number of benzene rings is 2. The van der Waals surface area contributed by atoms with Crippen LogP contribution in [0.3, 0.4) is 0 Å². The molecule has 2 aromatic carbocycles. The molecule has 3 rings (SSSR count). The average molecular weight is 408 g/mol. The summed E-state index contributed by atoms with van der Waals surface area (Å²) in [6, 6.07) is 9.51. The van der Waals surface area contributed by atoms with Crippen LogP contribution in [0.5, 0.6) is 0 Å². The Hall–Kier alpha value is -2.71. The zero-order valence-electron chi connectivity index (χ0n) is 13.7. The summed E-state index contributed by atoms with van der Waals surface area (Å²) < 4.78 is 27.8. The second-order valence-electron chi connectivity index (χ2n) is 5.34. The molecule has 0 atom stereocenters. The Balaban J connectivity index is 1.71. The number of hydrogen-bond donors (Lipinski definition) is 1. The summed E-state index contributed by atoms with van der Waals surface area (Å²) in [6.07, 6.45) is 2.94. The lowest BCUT2D eigenvalue weighted by Crippen LogP contribution is -2.22. The van der Waals surface area contributed by atoms with Gasteiger partial charge >= 0.3 is 0 Å². The smallest absolute Gasteiger partial charge is 0.287 e. The number of hydrogen-bond acceptors (Lipinski definition) is 4. The van der Waals surface area contributed by atoms with Crippen LogP contribution in [0.4, 0.5) is 14.5 Å². The van der Waals surface area contributed by atoms with Crippen molar-refractivity contribution in [2.75, 3.05) is 11.1 Å². The average Bonchev–Trinajstić information content (AvgIpc) is 2.64. The number of halogens is 3. The molecule has 3 aromatic rings. The van der Waals surface area contributed by atoms with Gasteiger partial charge in [0.05, 0.1) is 11.4 Å². The topological polar surface area (TPSA) is 64.0 Å². The molecule has 1 aromatic heterocycles. The molecule has 0 aliphatic carbocycles. The first-order valence-electron chi connectivity index (χ1n) is 7.65. The lowest BCUT2D eigenvalue weighted by molar-refractivity contribution is -0.113. The molecule has 0 aliphatic heterocycles. The Morgan fingerprint density at radius 3 is 2.63 bits per heavy atom. The van der Waals surface area contributed by atoms with Crippen molar-refractivity contribution < 1.29 is 13.6 Å². The van der Waals surface area contributed by atoms with E-state index in [1.807, 2.05) is 0 Å². The molecule has 9 heteroatoms. The highest BCUT2D eigenvalue weighted by Gasteiger charge is 2.12. The Labute approximate surface area is 162 Å². The summed E-state index contributed by atoms with van der Waals surface area (Å²) in [4.78, 5) is 28.5. The van der Waals surface area contributed by atoms with E-state index in [0.29, 0.717) is 16.8 Å². The second-order valence-corrected chi connectivity index (χ2v) is 6.75. The molecular formula is C18H12ClF2N3O2S. The lowest BCUT2D eigenvalue weighted by atomic mass is 10.3. The minimum absolute atomic E-state index is 0.113. The molecule has 138 valence electrons. The maximum Gasteiger partial charge on any atom is 0.287 e. The molecule has 0 radical (unpaired) electrons. The van der Waals surface area contributed by atoms with E-state index in [2.05, 4.69) is 10.3 Å². The van der Waals surface area contributed by atoms with Gasteiger partial charge in [-0.3, -0.25) is 14.2 Å². The van der Waals surface area contributed by atoms with Crippen LogP contribution in [0.25, 0.3) is 5.69 Å². The molecule has 1 N–H and O–H groups in total. The molecular weight excluding hydrogens is 396 g/mol. The third kappa shape index (κ3) is 4.72. The molecule has 0 saturated heterocycles. The van der Waals surface area contributed by atoms with Crippen molar-refractivity contribution in [3.05, 3.63) is 81.9 Å². The summed E-state index contributed by atoms with van der Waals surface area (Å²) in [5.41, 5.74) is 0.0682. The van der Waals surface area contributed by atoms with Crippen LogP contribution in [0, 0.1) is 11.6 Å². The fourth-order valence-electron chi connectivity index (χ4n) is 2.21. The van der Waals surface area contributed by atoms with Crippen LogP contribution >= 0.6 is 23.4 Å². The highest BCUT2D eigenvalue weighted by molar-refractivity contribution is 7.99. The highest BCUT2D eigenvalue weighted by Crippen LogP contribution is 2.17. The van der Waals surface area contributed by atoms with E-state index in [1.165, 1.54) is 17.0 Å². The predicted molar refractivity (Wildman–Crippen MR) is 101 cm³/mol. The minimum atomic E-state index is -0.878. The Kier molecular flexibility index (Phi) is 5.88. The van der Waals surface area contributed by atoms with Crippen molar-refractivity contribution in [1.29, 1.82) is 0 Å². The van der Waals surface area contributed by atoms with E-state index in [9.17, 15) is 18.4 Å². The maximum absolute atomic E-state index is 13.6. The number of nitrogens with one attached hydrogen (secondary N) is 1. The zero-order valence-corrected chi connectivity index (χ0v) is 15.2. The van der Waals surface area contributed by atoms with Crippen LogP contribution in [0.1, 0.15) is 0 Å². The third-order valence-electron chi connectivity index (χ3n) is 3.46. The molecule has 0 bridgehead atoms. The van der Waals surface area contributed by atoms with E-state index in [0.717, 1.165) is 23.9 Å². The first-order valence-corrected chi connectivity index (χ1v) is 9.02. The number of thioether (sulfide) groups is 1. The standard InChI is InChI=1S/C18H12ClF2N3O2S/c19-11-1-4-13(5-2-11)24-8-7-22-17(18(24)26)27-10-16(25)23-15-6-3-12(20)9-14(15)21/h1-9H,10H2,(H,23,25). The Morgan fingerprint density at radius 1 is 1.19 bits per heavy atom. The van der Waals surface area contributed by atoms with Crippen LogP contribution in [0.2, 0.25) is 5.02 Å². The molecule has 0 fully saturated rings. The number of aromatic nitrogens is 2. The normalized spacial score (nSPS) is 10.6. The first-order chi connectivity index (χ1) is 12.9. The number of carbonyl (C=O) groups excluding carboxylic acids is 1. The van der Waals surface area contributed by atoms with Crippen LogP contribution in [-0.2, 0) is 4.79 Å². The molecule has 1 amide bonds. The van der Waals surface area contributed by atoms with Crippen molar-refractivity contribution in [1.82, 2.24) is 9.55 Å². The molecule has 5 nitrogen and oxygen atoms in total. The molecule has 0 spiro atoms. The van der Waals surface area contributed by atoms with Gasteiger partial charge in [0, 0.05) is 29.2 Å². The van der Waals surface area contributed by atoms with Crippen LogP contribution in [-0.4, -0.2) is 21.2 Å². The van der Waals surface area contributed by atoms with Gasteiger partial charge < -0.3 is 5.32 Å². The van der Waals surface area contributed by atoms with E-state index in [4.69, 9.17) is 11.6 Å². The Morgan fingerprint density at radius 2 is 1.93 bits per heavy atom. The van der Waals surface area contributed by atoms with Gasteiger partial charge in [-0.2, -0.15) is 0 Å². The number of carbonyl (C=O) groups is 1. The SMILES string of the molecule is O=C(CSc1nccn(-c2ccc(Cl)cc2)c1=O)Nc1ccc(F)cc1F. The second kappa shape index (κ2) is 8.32. The summed E-state index contributed by atoms with van der Waals surface area (Å²) in [5, 5.41) is 2.98. The summed E-state index contributed by atoms with van der Waals surface area (Å²) in [6.45, 7) is 0. The van der Waals surface area contributed by atoms with Crippen LogP contribution in [0.15, 0.2) is 64.7 Å². The van der Waals surface area contributed by atoms with Crippen molar-refractivity contribution >= 4 is 35.0 Å². The van der Waals surface area contributed by atoms with Crippen molar-refractivity contribution in [3.8, 4) is 5.69 Å². The van der Waals surface area contributed by atoms with Gasteiger partial charge in [-0.25, -0.2) is 13.8 Å². The predicted octanol–water partition coefficient (Wildman–Crippen LogP) is 3.89. The van der Waals surface area contributed by atoms with E-state index >= 15 is 0 Å². The van der Waals surface area contributed by atoms with Gasteiger partial charge in [0.15, 0.2) is 5.03 Å². The number of rotatable bonds is 5. The van der Waals surface area contributed by atoms with Crippen LogP contribution < -0.4 is 10.9 Å². The fourth-order valence-corrected chi connectivity index (χ4v) is 3.03. The molecule has 27 heavy (non-hydrogen) atoms. The summed E-state index contributed by atoms with van der Waals surface area (Å²) in [5.74, 6) is -2.33. The highest BCUT2D eigenvalue weighted by atomic mass is 35.5. The van der Waals surface area contributed by atoms with Crippen molar-refractivity contribution in [2.24, 2.45) is 0 Å². The first kappa shape index (κ1) is 19.1. The van der Waals surface area contributed by atoms with Gasteiger partial charge in [0.2, 0.25) is 5.91 Å². The van der Waals surface area contributed by atoms with E-state index < -0.39 is 23.1 Å². The molecule has 0 aliphatic rings. The number of anilines is 1.